The molecule has 2 fully saturated rings. The molecule has 0 amide bonds. The first-order chi connectivity index (χ1) is 19.7. The van der Waals surface area contributed by atoms with Gasteiger partial charge in [-0.1, -0.05) is 69.2 Å². The fourth-order valence-electron chi connectivity index (χ4n) is 7.60. The molecule has 0 aliphatic heterocycles. The van der Waals surface area contributed by atoms with Crippen molar-refractivity contribution < 1.29 is 27.1 Å². The number of nitrogens with zero attached hydrogens (tertiary/aromatic N) is 1. The van der Waals surface area contributed by atoms with Gasteiger partial charge in [0.05, 0.1) is 17.4 Å². The van der Waals surface area contributed by atoms with Gasteiger partial charge in [-0.15, -0.1) is 0 Å². The maximum atomic E-state index is 16.8. The molecule has 0 saturated heterocycles. The Morgan fingerprint density at radius 3 is 2.07 bits per heavy atom. The maximum absolute atomic E-state index is 16.8. The summed E-state index contributed by atoms with van der Waals surface area (Å²) in [4.78, 5) is 5.14. The molecule has 0 spiro atoms. The van der Waals surface area contributed by atoms with E-state index >= 15 is 4.39 Å². The zero-order valence-electron chi connectivity index (χ0n) is 23.1. The standard InChI is InChI=1S/C34H36F5NO/c35-26-16-12-21(13-17-26)29-30-27(18-24(19-28(30)41)20-6-2-1-3-7-20)40-33(23-8-4-5-9-23)31(29)32(36)22-10-14-25(15-11-22)34(37,38)39/h10-17,20,23-24,28,32,41H,1-9,18-19H2. The first-order valence-corrected chi connectivity index (χ1v) is 15.0. The van der Waals surface area contributed by atoms with Crippen LogP contribution in [0.2, 0.25) is 0 Å². The number of hydrogen-bond acceptors (Lipinski definition) is 2. The zero-order valence-corrected chi connectivity index (χ0v) is 23.1. The van der Waals surface area contributed by atoms with Crippen molar-refractivity contribution in [2.24, 2.45) is 11.8 Å². The first kappa shape index (κ1) is 28.3. The number of pyridine rings is 1. The van der Waals surface area contributed by atoms with Crippen molar-refractivity contribution >= 4 is 0 Å². The summed E-state index contributed by atoms with van der Waals surface area (Å²) < 4.78 is 70.7. The highest BCUT2D eigenvalue weighted by molar-refractivity contribution is 5.75. The molecule has 3 aliphatic carbocycles. The van der Waals surface area contributed by atoms with Gasteiger partial charge < -0.3 is 5.11 Å². The molecule has 0 radical (unpaired) electrons. The van der Waals surface area contributed by atoms with Gasteiger partial charge in [-0.2, -0.15) is 13.2 Å². The molecule has 218 valence electrons. The Hall–Kier alpha value is -2.80. The highest BCUT2D eigenvalue weighted by atomic mass is 19.4. The summed E-state index contributed by atoms with van der Waals surface area (Å²) in [5.74, 6) is 0.420. The van der Waals surface area contributed by atoms with Crippen LogP contribution >= 0.6 is 0 Å². The lowest BCUT2D eigenvalue weighted by Crippen LogP contribution is -2.29. The average molecular weight is 570 g/mol. The summed E-state index contributed by atoms with van der Waals surface area (Å²) in [6, 6.07) is 10.1. The van der Waals surface area contributed by atoms with E-state index in [2.05, 4.69) is 0 Å². The van der Waals surface area contributed by atoms with Crippen LogP contribution in [0.5, 0.6) is 0 Å². The van der Waals surface area contributed by atoms with Crippen molar-refractivity contribution in [3.63, 3.8) is 0 Å². The van der Waals surface area contributed by atoms with Gasteiger partial charge in [-0.25, -0.2) is 8.78 Å². The van der Waals surface area contributed by atoms with E-state index in [0.29, 0.717) is 52.6 Å². The summed E-state index contributed by atoms with van der Waals surface area (Å²) >= 11 is 0. The fourth-order valence-corrected chi connectivity index (χ4v) is 7.60. The monoisotopic (exact) mass is 569 g/mol. The van der Waals surface area contributed by atoms with Crippen LogP contribution in [0.15, 0.2) is 48.5 Å². The number of aromatic nitrogens is 1. The molecular formula is C34H36F5NO. The van der Waals surface area contributed by atoms with E-state index in [1.54, 1.807) is 12.1 Å². The lowest BCUT2D eigenvalue weighted by atomic mass is 9.70. The van der Waals surface area contributed by atoms with Crippen LogP contribution in [0.3, 0.4) is 0 Å². The minimum atomic E-state index is -4.52. The van der Waals surface area contributed by atoms with E-state index in [1.165, 1.54) is 43.5 Å². The van der Waals surface area contributed by atoms with Crippen LogP contribution in [0.25, 0.3) is 11.1 Å². The van der Waals surface area contributed by atoms with Crippen molar-refractivity contribution in [1.29, 1.82) is 0 Å². The molecule has 3 unspecified atom stereocenters. The van der Waals surface area contributed by atoms with Gasteiger partial charge in [0, 0.05) is 22.7 Å². The fraction of sp³-hybridized carbons (Fsp3) is 0.500. The Morgan fingerprint density at radius 1 is 0.805 bits per heavy atom. The van der Waals surface area contributed by atoms with Crippen LogP contribution in [0.1, 0.15) is 116 Å². The lowest BCUT2D eigenvalue weighted by molar-refractivity contribution is -0.137. The number of alkyl halides is 4. The van der Waals surface area contributed by atoms with Crippen LogP contribution in [0.4, 0.5) is 22.0 Å². The molecule has 2 aromatic carbocycles. The molecule has 3 aliphatic rings. The number of fused-ring (bicyclic) bond motifs is 1. The molecule has 2 saturated carbocycles. The molecule has 7 heteroatoms. The highest BCUT2D eigenvalue weighted by Gasteiger charge is 2.39. The molecule has 3 atom stereocenters. The Bertz CT molecular complexity index is 1360. The van der Waals surface area contributed by atoms with Crippen LogP contribution in [0, 0.1) is 17.7 Å². The Labute approximate surface area is 238 Å². The number of hydrogen-bond donors (Lipinski definition) is 1. The molecule has 0 bridgehead atoms. The Kier molecular flexibility index (Phi) is 7.92. The molecule has 1 heterocycles. The van der Waals surface area contributed by atoms with Crippen LogP contribution in [-0.2, 0) is 12.6 Å². The molecule has 3 aromatic rings. The largest absolute Gasteiger partial charge is 0.416 e. The van der Waals surface area contributed by atoms with E-state index in [9.17, 15) is 22.7 Å². The summed E-state index contributed by atoms with van der Waals surface area (Å²) in [5.41, 5.74) is 2.71. The topological polar surface area (TPSA) is 33.1 Å². The Morgan fingerprint density at radius 2 is 1.44 bits per heavy atom. The second kappa shape index (κ2) is 11.5. The molecule has 6 rings (SSSR count). The predicted molar refractivity (Wildman–Crippen MR) is 149 cm³/mol. The first-order valence-electron chi connectivity index (χ1n) is 15.0. The van der Waals surface area contributed by atoms with Gasteiger partial charge in [0.15, 0.2) is 6.17 Å². The predicted octanol–water partition coefficient (Wildman–Crippen LogP) is 9.80. The molecule has 1 N–H and O–H groups in total. The van der Waals surface area contributed by atoms with E-state index in [-0.39, 0.29) is 11.5 Å². The van der Waals surface area contributed by atoms with Crippen molar-refractivity contribution in [2.75, 3.05) is 0 Å². The summed E-state index contributed by atoms with van der Waals surface area (Å²) in [6.45, 7) is 0. The van der Waals surface area contributed by atoms with E-state index in [0.717, 1.165) is 56.4 Å². The number of aliphatic hydroxyl groups is 1. The average Bonchev–Trinajstić information content (AvgIpc) is 3.51. The smallest absolute Gasteiger partial charge is 0.388 e. The number of halogens is 5. The van der Waals surface area contributed by atoms with Gasteiger partial charge in [0.1, 0.15) is 5.82 Å². The van der Waals surface area contributed by atoms with Crippen molar-refractivity contribution in [1.82, 2.24) is 4.98 Å². The summed E-state index contributed by atoms with van der Waals surface area (Å²) in [5, 5.41) is 11.7. The van der Waals surface area contributed by atoms with Crippen molar-refractivity contribution in [3.8, 4) is 11.1 Å². The van der Waals surface area contributed by atoms with Crippen molar-refractivity contribution in [3.05, 3.63) is 88.0 Å². The SMILES string of the molecule is OC1CC(C2CCCCC2)Cc2nc(C3CCCC3)c(C(F)c3ccc(C(F)(F)F)cc3)c(-c3ccc(F)cc3)c21. The van der Waals surface area contributed by atoms with E-state index in [4.69, 9.17) is 4.98 Å². The van der Waals surface area contributed by atoms with Crippen LogP contribution in [-0.4, -0.2) is 10.1 Å². The highest BCUT2D eigenvalue weighted by Crippen LogP contribution is 2.50. The molecule has 1 aromatic heterocycles. The minimum absolute atomic E-state index is 0.0226. The van der Waals surface area contributed by atoms with Gasteiger partial charge in [-0.05, 0) is 78.5 Å². The van der Waals surface area contributed by atoms with Gasteiger partial charge in [0.25, 0.3) is 0 Å². The van der Waals surface area contributed by atoms with E-state index in [1.807, 2.05) is 0 Å². The van der Waals surface area contributed by atoms with Gasteiger partial charge in [0.2, 0.25) is 0 Å². The quantitative estimate of drug-likeness (QED) is 0.310. The number of benzene rings is 2. The van der Waals surface area contributed by atoms with Gasteiger partial charge in [-0.3, -0.25) is 4.98 Å². The zero-order chi connectivity index (χ0) is 28.7. The second-order valence-corrected chi connectivity index (χ2v) is 12.2. The number of rotatable bonds is 5. The summed E-state index contributed by atoms with van der Waals surface area (Å²) in [6.07, 6.45) is 3.78. The Balaban J connectivity index is 1.53. The van der Waals surface area contributed by atoms with Gasteiger partial charge >= 0.3 is 6.18 Å². The number of aliphatic hydroxyl groups excluding tert-OH is 1. The normalized spacial score (nSPS) is 23.0. The maximum Gasteiger partial charge on any atom is 0.416 e. The third-order valence-electron chi connectivity index (χ3n) is 9.67. The third-order valence-corrected chi connectivity index (χ3v) is 9.67. The summed E-state index contributed by atoms with van der Waals surface area (Å²) in [7, 11) is 0. The molecular weight excluding hydrogens is 533 g/mol. The minimum Gasteiger partial charge on any atom is -0.388 e. The van der Waals surface area contributed by atoms with Crippen molar-refractivity contribution in [2.45, 2.75) is 95.0 Å². The molecule has 41 heavy (non-hydrogen) atoms. The second-order valence-electron chi connectivity index (χ2n) is 12.2. The lowest BCUT2D eigenvalue weighted by Gasteiger charge is -2.38. The molecule has 2 nitrogen and oxygen atoms in total. The third kappa shape index (κ3) is 5.67. The van der Waals surface area contributed by atoms with Crippen LogP contribution < -0.4 is 0 Å². The van der Waals surface area contributed by atoms with E-state index < -0.39 is 29.8 Å².